The molecule has 8 nitrogen and oxygen atoms in total. The smallest absolute Gasteiger partial charge is 0.337 e. The van der Waals surface area contributed by atoms with Crippen molar-refractivity contribution in [3.05, 3.63) is 104 Å². The molecular formula is C34H34BrNO7. The monoisotopic (exact) mass is 647 g/mol. The molecule has 1 aliphatic heterocycles. The van der Waals surface area contributed by atoms with E-state index in [1.807, 2.05) is 61.5 Å². The van der Waals surface area contributed by atoms with Gasteiger partial charge < -0.3 is 29.0 Å². The van der Waals surface area contributed by atoms with Crippen LogP contribution < -0.4 is 24.3 Å². The highest BCUT2D eigenvalue weighted by Crippen LogP contribution is 2.49. The van der Waals surface area contributed by atoms with Gasteiger partial charge in [0, 0.05) is 33.8 Å². The molecule has 2 unspecified atom stereocenters. The molecule has 1 heterocycles. The summed E-state index contributed by atoms with van der Waals surface area (Å²) in [6, 6.07) is 18.8. The summed E-state index contributed by atoms with van der Waals surface area (Å²) in [6.45, 7) is 1.95. The first-order chi connectivity index (χ1) is 20.8. The Morgan fingerprint density at radius 1 is 0.860 bits per heavy atom. The van der Waals surface area contributed by atoms with Crippen molar-refractivity contribution in [3.63, 3.8) is 0 Å². The van der Waals surface area contributed by atoms with Crippen molar-refractivity contribution in [1.82, 2.24) is 5.32 Å². The van der Waals surface area contributed by atoms with Gasteiger partial charge in [0.05, 0.1) is 34.0 Å². The van der Waals surface area contributed by atoms with E-state index in [0.717, 1.165) is 16.8 Å². The molecule has 0 aromatic heterocycles. The Balaban J connectivity index is 1.58. The lowest BCUT2D eigenvalue weighted by molar-refractivity contribution is -0.140. The second-order valence-electron chi connectivity index (χ2n) is 10.4. The van der Waals surface area contributed by atoms with Crippen LogP contribution in [0.25, 0.3) is 0 Å². The quantitative estimate of drug-likeness (QED) is 0.260. The minimum absolute atomic E-state index is 0.0546. The number of ether oxygens (including phenoxy) is 5. The lowest BCUT2D eigenvalue weighted by Gasteiger charge is -2.37. The van der Waals surface area contributed by atoms with Crippen LogP contribution in [0.2, 0.25) is 0 Å². The fraction of sp³-hybridized carbons (Fsp3) is 0.294. The molecule has 43 heavy (non-hydrogen) atoms. The lowest BCUT2D eigenvalue weighted by atomic mass is 9.71. The molecule has 5 rings (SSSR count). The summed E-state index contributed by atoms with van der Waals surface area (Å²) >= 11 is 3.68. The topological polar surface area (TPSA) is 92.3 Å². The Hall–Kier alpha value is -4.24. The van der Waals surface area contributed by atoms with E-state index in [0.29, 0.717) is 56.3 Å². The van der Waals surface area contributed by atoms with Crippen LogP contribution in [-0.2, 0) is 20.9 Å². The number of carbonyl (C=O) groups is 2. The maximum atomic E-state index is 14.1. The van der Waals surface area contributed by atoms with Crippen molar-refractivity contribution >= 4 is 27.7 Å². The van der Waals surface area contributed by atoms with E-state index in [1.165, 1.54) is 0 Å². The standard InChI is InChI=1S/C34H34BrNO7/c1-19-31(34(38)43-18-20-9-7-6-8-10-20)32(23-16-29(41-4)30(42-5)17-24(23)35)33-25(36-19)13-22(14-26(33)37)21-11-12-27(39-2)28(15-21)40-3/h6-12,15-17,22,32,36H,13-14,18H2,1-5H3. The number of rotatable bonds is 9. The Morgan fingerprint density at radius 3 is 2.19 bits per heavy atom. The number of hydrogen-bond acceptors (Lipinski definition) is 8. The van der Waals surface area contributed by atoms with E-state index in [1.54, 1.807) is 34.5 Å². The van der Waals surface area contributed by atoms with Gasteiger partial charge in [-0.05, 0) is 60.2 Å². The third kappa shape index (κ3) is 5.99. The van der Waals surface area contributed by atoms with Crippen LogP contribution in [0.3, 0.4) is 0 Å². The third-order valence-corrected chi connectivity index (χ3v) is 8.64. The SMILES string of the molecule is COc1ccc(C2CC(=O)C3=C(C2)NC(C)=C(C(=O)OCc2ccccc2)C3c2cc(OC)c(OC)cc2Br)cc1OC. The number of nitrogens with one attached hydrogen (secondary N) is 1. The van der Waals surface area contributed by atoms with Crippen molar-refractivity contribution < 1.29 is 33.3 Å². The molecule has 0 fully saturated rings. The molecule has 0 radical (unpaired) electrons. The molecule has 9 heteroatoms. The molecule has 0 saturated carbocycles. The molecule has 2 atom stereocenters. The van der Waals surface area contributed by atoms with Gasteiger partial charge in [0.25, 0.3) is 0 Å². The minimum Gasteiger partial charge on any atom is -0.493 e. The van der Waals surface area contributed by atoms with Crippen molar-refractivity contribution in [2.75, 3.05) is 28.4 Å². The second kappa shape index (κ2) is 13.0. The maximum absolute atomic E-state index is 14.1. The third-order valence-electron chi connectivity index (χ3n) is 7.95. The Kier molecular flexibility index (Phi) is 9.11. The van der Waals surface area contributed by atoms with Crippen LogP contribution in [0.1, 0.15) is 48.3 Å². The molecular weight excluding hydrogens is 614 g/mol. The normalized spacial score (nSPS) is 18.0. The number of benzene rings is 3. The Labute approximate surface area is 259 Å². The zero-order valence-corrected chi connectivity index (χ0v) is 26.4. The van der Waals surface area contributed by atoms with Crippen LogP contribution in [-0.4, -0.2) is 40.2 Å². The van der Waals surface area contributed by atoms with Gasteiger partial charge in [0.2, 0.25) is 0 Å². The van der Waals surface area contributed by atoms with Gasteiger partial charge in [-0.25, -0.2) is 4.79 Å². The predicted octanol–water partition coefficient (Wildman–Crippen LogP) is 6.59. The number of allylic oxidation sites excluding steroid dienone is 3. The number of esters is 1. The first kappa shape index (κ1) is 30.2. The van der Waals surface area contributed by atoms with E-state index in [9.17, 15) is 9.59 Å². The van der Waals surface area contributed by atoms with Crippen molar-refractivity contribution in [3.8, 4) is 23.0 Å². The molecule has 1 N–H and O–H groups in total. The maximum Gasteiger partial charge on any atom is 0.337 e. The highest BCUT2D eigenvalue weighted by atomic mass is 79.9. The van der Waals surface area contributed by atoms with Crippen molar-refractivity contribution in [2.45, 2.75) is 38.2 Å². The Morgan fingerprint density at radius 2 is 1.51 bits per heavy atom. The molecule has 0 spiro atoms. The van der Waals surface area contributed by atoms with Gasteiger partial charge in [-0.15, -0.1) is 0 Å². The highest BCUT2D eigenvalue weighted by Gasteiger charge is 2.42. The molecule has 224 valence electrons. The molecule has 0 amide bonds. The highest BCUT2D eigenvalue weighted by molar-refractivity contribution is 9.10. The summed E-state index contributed by atoms with van der Waals surface area (Å²) in [6.07, 6.45) is 0.838. The zero-order valence-electron chi connectivity index (χ0n) is 24.8. The number of dihydropyridines is 1. The average molecular weight is 649 g/mol. The fourth-order valence-electron chi connectivity index (χ4n) is 5.86. The number of Topliss-reactive ketones (excluding diaryl/α,β-unsaturated/α-hetero) is 1. The van der Waals surface area contributed by atoms with Crippen molar-refractivity contribution in [1.29, 1.82) is 0 Å². The van der Waals surface area contributed by atoms with Crippen LogP contribution >= 0.6 is 15.9 Å². The van der Waals surface area contributed by atoms with Crippen LogP contribution in [0, 0.1) is 0 Å². The van der Waals surface area contributed by atoms with Crippen LogP contribution in [0.15, 0.2) is 87.7 Å². The van der Waals surface area contributed by atoms with E-state index in [2.05, 4.69) is 21.2 Å². The molecule has 0 saturated heterocycles. The number of halogens is 1. The van der Waals surface area contributed by atoms with Crippen LogP contribution in [0.4, 0.5) is 0 Å². The molecule has 3 aromatic carbocycles. The van der Waals surface area contributed by atoms with E-state index < -0.39 is 11.9 Å². The average Bonchev–Trinajstić information content (AvgIpc) is 3.02. The molecule has 2 aliphatic rings. The van der Waals surface area contributed by atoms with Gasteiger partial charge in [0.15, 0.2) is 28.8 Å². The first-order valence-corrected chi connectivity index (χ1v) is 14.7. The number of methoxy groups -OCH3 is 4. The summed E-state index contributed by atoms with van der Waals surface area (Å²) in [4.78, 5) is 27.9. The predicted molar refractivity (Wildman–Crippen MR) is 166 cm³/mol. The lowest BCUT2D eigenvalue weighted by Crippen LogP contribution is -2.36. The number of carbonyl (C=O) groups excluding carboxylic acids is 2. The van der Waals surface area contributed by atoms with E-state index >= 15 is 0 Å². The zero-order chi connectivity index (χ0) is 30.7. The largest absolute Gasteiger partial charge is 0.493 e. The van der Waals surface area contributed by atoms with Gasteiger partial charge in [0.1, 0.15) is 6.61 Å². The first-order valence-electron chi connectivity index (χ1n) is 13.9. The summed E-state index contributed by atoms with van der Waals surface area (Å²) in [5, 5.41) is 3.41. The van der Waals surface area contributed by atoms with E-state index in [-0.39, 0.29) is 24.7 Å². The fourth-order valence-corrected chi connectivity index (χ4v) is 6.41. The molecule has 0 bridgehead atoms. The molecule has 1 aliphatic carbocycles. The summed E-state index contributed by atoms with van der Waals surface area (Å²) < 4.78 is 28.5. The van der Waals surface area contributed by atoms with Gasteiger partial charge in [-0.1, -0.05) is 52.3 Å². The summed E-state index contributed by atoms with van der Waals surface area (Å²) in [5.41, 5.74) is 4.87. The van der Waals surface area contributed by atoms with Gasteiger partial charge in [-0.3, -0.25) is 4.79 Å². The van der Waals surface area contributed by atoms with Crippen LogP contribution in [0.5, 0.6) is 23.0 Å². The van der Waals surface area contributed by atoms with E-state index in [4.69, 9.17) is 23.7 Å². The van der Waals surface area contributed by atoms with Gasteiger partial charge in [-0.2, -0.15) is 0 Å². The number of ketones is 1. The Bertz CT molecular complexity index is 1610. The molecule has 3 aromatic rings. The second-order valence-corrected chi connectivity index (χ2v) is 11.3. The van der Waals surface area contributed by atoms with Gasteiger partial charge >= 0.3 is 5.97 Å². The minimum atomic E-state index is -0.687. The summed E-state index contributed by atoms with van der Waals surface area (Å²) in [5.74, 6) is 0.916. The summed E-state index contributed by atoms with van der Waals surface area (Å²) in [7, 11) is 6.30. The number of hydrogen-bond donors (Lipinski definition) is 1. The van der Waals surface area contributed by atoms with Crippen molar-refractivity contribution in [2.24, 2.45) is 0 Å².